The zero-order chi connectivity index (χ0) is 18.0. The largest absolute Gasteiger partial charge is 0.370 e. The summed E-state index contributed by atoms with van der Waals surface area (Å²) in [5.74, 6) is 4.97. The van der Waals surface area contributed by atoms with Gasteiger partial charge in [0.25, 0.3) is 6.20 Å². The Labute approximate surface area is 152 Å². The van der Waals surface area contributed by atoms with Crippen LogP contribution in [0.15, 0.2) is 24.2 Å². The first-order valence-corrected chi connectivity index (χ1v) is 9.51. The second-order valence-electron chi connectivity index (χ2n) is 5.88. The summed E-state index contributed by atoms with van der Waals surface area (Å²) in [4.78, 5) is 12.6. The van der Waals surface area contributed by atoms with Crippen LogP contribution >= 0.6 is 23.1 Å². The predicted molar refractivity (Wildman–Crippen MR) is 102 cm³/mol. The molecule has 1 heterocycles. The van der Waals surface area contributed by atoms with Crippen LogP contribution in [0.3, 0.4) is 0 Å². The topological polar surface area (TPSA) is 67.2 Å². The maximum Gasteiger partial charge on any atom is 0.274 e. The van der Waals surface area contributed by atoms with Crippen LogP contribution < -0.4 is 10.6 Å². The van der Waals surface area contributed by atoms with E-state index < -0.39 is 4.92 Å². The van der Waals surface area contributed by atoms with Crippen LogP contribution in [-0.2, 0) is 12.3 Å². The van der Waals surface area contributed by atoms with E-state index in [1.807, 2.05) is 11.3 Å². The van der Waals surface area contributed by atoms with E-state index in [1.165, 1.54) is 9.75 Å². The Hall–Kier alpha value is -1.69. The summed E-state index contributed by atoms with van der Waals surface area (Å²) < 4.78 is 0.795. The van der Waals surface area contributed by atoms with Crippen LogP contribution in [0.5, 0.6) is 0 Å². The van der Waals surface area contributed by atoms with Gasteiger partial charge in [-0.15, -0.1) is 17.8 Å². The van der Waals surface area contributed by atoms with Gasteiger partial charge in [-0.25, -0.2) is 0 Å². The Morgan fingerprint density at radius 2 is 2.21 bits per heavy atom. The number of quaternary nitrogens is 1. The Kier molecular flexibility index (Phi) is 8.68. The predicted octanol–water partition coefficient (Wildman–Crippen LogP) is 2.08. The number of rotatable bonds is 11. The number of nitro groups is 1. The average Bonchev–Trinajstić information content (AvgIpc) is 2.91. The van der Waals surface area contributed by atoms with Crippen molar-refractivity contribution in [2.75, 3.05) is 40.0 Å². The second kappa shape index (κ2) is 10.2. The number of nitrogens with one attached hydrogen (secondary N) is 2. The van der Waals surface area contributed by atoms with Crippen molar-refractivity contribution in [2.45, 2.75) is 12.3 Å². The molecule has 0 spiro atoms. The van der Waals surface area contributed by atoms with Crippen molar-refractivity contribution < 1.29 is 9.41 Å². The highest BCUT2D eigenvalue weighted by atomic mass is 32.2. The Morgan fingerprint density at radius 1 is 1.50 bits per heavy atom. The van der Waals surface area contributed by atoms with Gasteiger partial charge in [-0.3, -0.25) is 10.1 Å². The lowest BCUT2D eigenvalue weighted by atomic mass is 10.3. The molecule has 6 nitrogen and oxygen atoms in total. The Balaban J connectivity index is 2.32. The van der Waals surface area contributed by atoms with Gasteiger partial charge in [-0.2, -0.15) is 11.8 Å². The normalized spacial score (nSPS) is 11.8. The molecule has 132 valence electrons. The van der Waals surface area contributed by atoms with Crippen molar-refractivity contribution in [3.63, 3.8) is 0 Å². The van der Waals surface area contributed by atoms with E-state index in [1.54, 1.807) is 18.8 Å². The van der Waals surface area contributed by atoms with Crippen LogP contribution in [0.25, 0.3) is 0 Å². The minimum atomic E-state index is -0.473. The standard InChI is InChI=1S/C16H25N4O2S2/c1-5-9-20(3,4)12-14-6-7-15(24-14)13-23-10-8-18-16(17-2)11-19(21)22/h1,6-7,11,17-18H,8-10,12-13H2,2-4H3/q+1/b16-11+. The van der Waals surface area contributed by atoms with Crippen LogP contribution in [-0.4, -0.2) is 49.4 Å². The molecule has 1 aromatic heterocycles. The number of hydrogen-bond donors (Lipinski definition) is 2. The molecule has 0 unspecified atom stereocenters. The molecular formula is C16H25N4O2S2+. The third kappa shape index (κ3) is 8.24. The lowest BCUT2D eigenvalue weighted by Gasteiger charge is -2.26. The van der Waals surface area contributed by atoms with Gasteiger partial charge >= 0.3 is 0 Å². The van der Waals surface area contributed by atoms with Crippen molar-refractivity contribution in [3.05, 3.63) is 44.0 Å². The Bertz CT molecular complexity index is 605. The molecule has 0 saturated heterocycles. The minimum Gasteiger partial charge on any atom is -0.370 e. The maximum atomic E-state index is 10.4. The fourth-order valence-electron chi connectivity index (χ4n) is 2.04. The SMILES string of the molecule is C#CC[N+](C)(C)Cc1ccc(CSCCN/C(=C/[N+](=O)[O-])NC)s1. The van der Waals surface area contributed by atoms with Gasteiger partial charge in [0, 0.05) is 30.0 Å². The zero-order valence-corrected chi connectivity index (χ0v) is 16.0. The molecule has 0 aromatic carbocycles. The van der Waals surface area contributed by atoms with Crippen molar-refractivity contribution in [2.24, 2.45) is 0 Å². The Morgan fingerprint density at radius 3 is 2.83 bits per heavy atom. The molecule has 0 saturated carbocycles. The number of hydrogen-bond acceptors (Lipinski definition) is 6. The molecule has 0 amide bonds. The fourth-order valence-corrected chi connectivity index (χ4v) is 4.24. The van der Waals surface area contributed by atoms with Gasteiger partial charge in [0.05, 0.1) is 23.9 Å². The summed E-state index contributed by atoms with van der Waals surface area (Å²) >= 11 is 3.63. The van der Waals surface area contributed by atoms with Crippen LogP contribution in [0.2, 0.25) is 0 Å². The summed E-state index contributed by atoms with van der Waals surface area (Å²) in [5, 5.41) is 16.2. The molecule has 1 aromatic rings. The van der Waals surface area contributed by atoms with E-state index in [-0.39, 0.29) is 0 Å². The first kappa shape index (κ1) is 20.4. The monoisotopic (exact) mass is 369 g/mol. The first-order chi connectivity index (χ1) is 11.4. The molecule has 0 aliphatic carbocycles. The summed E-state index contributed by atoms with van der Waals surface area (Å²) in [5.41, 5.74) is 0. The van der Waals surface area contributed by atoms with Gasteiger partial charge in [0.15, 0.2) is 5.82 Å². The smallest absolute Gasteiger partial charge is 0.274 e. The van der Waals surface area contributed by atoms with Crippen LogP contribution in [0.1, 0.15) is 9.75 Å². The van der Waals surface area contributed by atoms with Crippen LogP contribution in [0, 0.1) is 22.5 Å². The van der Waals surface area contributed by atoms with Gasteiger partial charge < -0.3 is 15.1 Å². The van der Waals surface area contributed by atoms with Gasteiger partial charge in [0.1, 0.15) is 13.1 Å². The molecule has 24 heavy (non-hydrogen) atoms. The van der Waals surface area contributed by atoms with E-state index in [0.29, 0.717) is 12.4 Å². The molecule has 0 fully saturated rings. The second-order valence-corrected chi connectivity index (χ2v) is 8.24. The highest BCUT2D eigenvalue weighted by Gasteiger charge is 2.15. The molecule has 0 atom stereocenters. The van der Waals surface area contributed by atoms with Crippen molar-refractivity contribution >= 4 is 23.1 Å². The lowest BCUT2D eigenvalue weighted by Crippen LogP contribution is -2.38. The average molecular weight is 370 g/mol. The zero-order valence-electron chi connectivity index (χ0n) is 14.4. The number of nitrogens with zero attached hydrogens (tertiary/aromatic N) is 2. The van der Waals surface area contributed by atoms with Gasteiger partial charge in [-0.1, -0.05) is 0 Å². The molecule has 0 aliphatic rings. The van der Waals surface area contributed by atoms with Crippen molar-refractivity contribution in [1.82, 2.24) is 10.6 Å². The van der Waals surface area contributed by atoms with E-state index in [2.05, 4.69) is 42.8 Å². The molecule has 8 heteroatoms. The third-order valence-electron chi connectivity index (χ3n) is 3.13. The molecule has 0 radical (unpaired) electrons. The summed E-state index contributed by atoms with van der Waals surface area (Å²) in [6.07, 6.45) is 6.35. The van der Waals surface area contributed by atoms with E-state index in [0.717, 1.165) is 35.3 Å². The summed E-state index contributed by atoms with van der Waals surface area (Å²) in [7, 11) is 5.93. The fraction of sp³-hybridized carbons (Fsp3) is 0.500. The molecular weight excluding hydrogens is 344 g/mol. The van der Waals surface area contributed by atoms with E-state index >= 15 is 0 Å². The molecule has 2 N–H and O–H groups in total. The van der Waals surface area contributed by atoms with E-state index in [9.17, 15) is 10.1 Å². The summed E-state index contributed by atoms with van der Waals surface area (Å²) in [6.45, 7) is 2.34. The lowest BCUT2D eigenvalue weighted by molar-refractivity contribution is -0.896. The first-order valence-electron chi connectivity index (χ1n) is 7.54. The molecule has 1 rings (SSSR count). The quantitative estimate of drug-likeness (QED) is 0.205. The number of terminal acetylenes is 1. The van der Waals surface area contributed by atoms with Gasteiger partial charge in [0.2, 0.25) is 0 Å². The number of thiophene rings is 1. The highest BCUT2D eigenvalue weighted by Crippen LogP contribution is 2.23. The maximum absolute atomic E-state index is 10.4. The highest BCUT2D eigenvalue weighted by molar-refractivity contribution is 7.98. The van der Waals surface area contributed by atoms with Crippen molar-refractivity contribution in [1.29, 1.82) is 0 Å². The summed E-state index contributed by atoms with van der Waals surface area (Å²) in [6, 6.07) is 4.34. The minimum absolute atomic E-state index is 0.424. The molecule has 0 bridgehead atoms. The third-order valence-corrected chi connectivity index (χ3v) is 5.39. The molecule has 0 aliphatic heterocycles. The van der Waals surface area contributed by atoms with Gasteiger partial charge in [-0.05, 0) is 18.1 Å². The van der Waals surface area contributed by atoms with Crippen LogP contribution in [0.4, 0.5) is 0 Å². The van der Waals surface area contributed by atoms with E-state index in [4.69, 9.17) is 6.42 Å². The number of thioether (sulfide) groups is 1. The van der Waals surface area contributed by atoms with Crippen molar-refractivity contribution in [3.8, 4) is 12.3 Å².